The molecule has 5 heteroatoms. The topological polar surface area (TPSA) is 52.9 Å². The van der Waals surface area contributed by atoms with Gasteiger partial charge in [-0.2, -0.15) is 5.26 Å². The molecule has 0 aliphatic heterocycles. The molecule has 0 spiro atoms. The number of carbonyl (C=O) groups is 1. The summed E-state index contributed by atoms with van der Waals surface area (Å²) in [4.78, 5) is 11.9. The minimum Gasteiger partial charge on any atom is -0.323 e. The van der Waals surface area contributed by atoms with Gasteiger partial charge in [-0.25, -0.2) is 0 Å². The summed E-state index contributed by atoms with van der Waals surface area (Å²) in [6.07, 6.45) is 1.30. The van der Waals surface area contributed by atoms with Crippen LogP contribution in [-0.2, 0) is 4.79 Å². The molecule has 2 rings (SSSR count). The number of benzene rings is 1. The first kappa shape index (κ1) is 11.6. The van der Waals surface area contributed by atoms with E-state index in [0.717, 1.165) is 8.95 Å². The number of anilines is 1. The van der Waals surface area contributed by atoms with E-state index < -0.39 is 5.41 Å². The average Bonchev–Trinajstić information content (AvgIpc) is 3.04. The Morgan fingerprint density at radius 2 is 1.94 bits per heavy atom. The van der Waals surface area contributed by atoms with Crippen molar-refractivity contribution in [3.63, 3.8) is 0 Å². The maximum Gasteiger partial charge on any atom is 0.244 e. The van der Waals surface area contributed by atoms with Gasteiger partial charge in [-0.1, -0.05) is 6.07 Å². The van der Waals surface area contributed by atoms with Gasteiger partial charge in [-0.3, -0.25) is 4.79 Å². The lowest BCUT2D eigenvalue weighted by molar-refractivity contribution is -0.119. The van der Waals surface area contributed by atoms with Crippen LogP contribution in [0.5, 0.6) is 0 Å². The highest BCUT2D eigenvalue weighted by molar-refractivity contribution is 9.11. The fraction of sp³-hybridized carbons (Fsp3) is 0.273. The van der Waals surface area contributed by atoms with Crippen molar-refractivity contribution < 1.29 is 4.79 Å². The van der Waals surface area contributed by atoms with Gasteiger partial charge in [0.2, 0.25) is 5.91 Å². The van der Waals surface area contributed by atoms with E-state index in [1.54, 1.807) is 0 Å². The molecule has 0 bridgehead atoms. The summed E-state index contributed by atoms with van der Waals surface area (Å²) in [6, 6.07) is 7.61. The zero-order valence-corrected chi connectivity index (χ0v) is 11.4. The molecule has 1 fully saturated rings. The van der Waals surface area contributed by atoms with Gasteiger partial charge in [0.25, 0.3) is 0 Å². The number of halogens is 2. The SMILES string of the molecule is N#CC1(C(=O)Nc2c(Br)cccc2Br)CC1. The van der Waals surface area contributed by atoms with Crippen molar-refractivity contribution in [2.24, 2.45) is 5.41 Å². The molecule has 0 aromatic heterocycles. The highest BCUT2D eigenvalue weighted by Gasteiger charge is 2.50. The molecule has 82 valence electrons. The molecule has 1 aromatic carbocycles. The summed E-state index contributed by atoms with van der Waals surface area (Å²) in [5.74, 6) is -0.220. The zero-order valence-electron chi connectivity index (χ0n) is 8.26. The van der Waals surface area contributed by atoms with E-state index in [0.29, 0.717) is 18.5 Å². The third-order valence-electron chi connectivity index (χ3n) is 2.60. The van der Waals surface area contributed by atoms with E-state index in [1.807, 2.05) is 18.2 Å². The number of hydrogen-bond acceptors (Lipinski definition) is 2. The average molecular weight is 344 g/mol. The van der Waals surface area contributed by atoms with Crippen molar-refractivity contribution in [3.05, 3.63) is 27.1 Å². The fourth-order valence-electron chi connectivity index (χ4n) is 1.37. The molecule has 1 N–H and O–H groups in total. The van der Waals surface area contributed by atoms with E-state index >= 15 is 0 Å². The van der Waals surface area contributed by atoms with Crippen LogP contribution in [0.3, 0.4) is 0 Å². The number of nitriles is 1. The lowest BCUT2D eigenvalue weighted by Crippen LogP contribution is -2.23. The predicted molar refractivity (Wildman–Crippen MR) is 67.8 cm³/mol. The standard InChI is InChI=1S/C11H8Br2N2O/c12-7-2-1-3-8(13)9(7)15-10(16)11(6-14)4-5-11/h1-3H,4-5H2,(H,15,16). The van der Waals surface area contributed by atoms with E-state index in [2.05, 4.69) is 43.2 Å². The lowest BCUT2D eigenvalue weighted by atomic mass is 10.1. The number of para-hydroxylation sites is 1. The first-order valence-corrected chi connectivity index (χ1v) is 6.34. The van der Waals surface area contributed by atoms with Crippen LogP contribution in [0.25, 0.3) is 0 Å². The zero-order chi connectivity index (χ0) is 11.8. The molecule has 1 saturated carbocycles. The molecule has 0 unspecified atom stereocenters. The Hall–Kier alpha value is -0.860. The molecule has 3 nitrogen and oxygen atoms in total. The van der Waals surface area contributed by atoms with Gasteiger partial charge in [-0.15, -0.1) is 0 Å². The monoisotopic (exact) mass is 342 g/mol. The van der Waals surface area contributed by atoms with Gasteiger partial charge in [0.05, 0.1) is 11.8 Å². The van der Waals surface area contributed by atoms with Crippen molar-refractivity contribution in [2.45, 2.75) is 12.8 Å². The molecule has 0 atom stereocenters. The van der Waals surface area contributed by atoms with Gasteiger partial charge < -0.3 is 5.32 Å². The second-order valence-corrected chi connectivity index (χ2v) is 5.45. The highest BCUT2D eigenvalue weighted by Crippen LogP contribution is 2.46. The van der Waals surface area contributed by atoms with Crippen molar-refractivity contribution in [3.8, 4) is 6.07 Å². The molecule has 1 aliphatic carbocycles. The first-order valence-electron chi connectivity index (χ1n) is 4.76. The quantitative estimate of drug-likeness (QED) is 0.894. The molecule has 1 aromatic rings. The molecular formula is C11H8Br2N2O. The Morgan fingerprint density at radius 1 is 1.38 bits per heavy atom. The van der Waals surface area contributed by atoms with Crippen LogP contribution in [0.1, 0.15) is 12.8 Å². The smallest absolute Gasteiger partial charge is 0.244 e. The Bertz CT molecular complexity index is 469. The van der Waals surface area contributed by atoms with E-state index in [4.69, 9.17) is 5.26 Å². The number of nitrogens with one attached hydrogen (secondary N) is 1. The van der Waals surface area contributed by atoms with E-state index in [1.165, 1.54) is 0 Å². The third kappa shape index (κ3) is 2.00. The Balaban J connectivity index is 2.23. The maximum absolute atomic E-state index is 11.9. The van der Waals surface area contributed by atoms with Crippen LogP contribution in [0.4, 0.5) is 5.69 Å². The highest BCUT2D eigenvalue weighted by atomic mass is 79.9. The predicted octanol–water partition coefficient (Wildman–Crippen LogP) is 3.45. The summed E-state index contributed by atoms with van der Waals surface area (Å²) in [6.45, 7) is 0. The van der Waals surface area contributed by atoms with Crippen LogP contribution >= 0.6 is 31.9 Å². The van der Waals surface area contributed by atoms with Crippen LogP contribution in [0, 0.1) is 16.7 Å². The molecule has 0 saturated heterocycles. The van der Waals surface area contributed by atoms with Crippen LogP contribution in [0.2, 0.25) is 0 Å². The van der Waals surface area contributed by atoms with Gasteiger partial charge in [0, 0.05) is 8.95 Å². The molecule has 0 heterocycles. The molecule has 16 heavy (non-hydrogen) atoms. The second-order valence-electron chi connectivity index (χ2n) is 3.74. The number of hydrogen-bond donors (Lipinski definition) is 1. The van der Waals surface area contributed by atoms with Crippen molar-refractivity contribution >= 4 is 43.5 Å². The van der Waals surface area contributed by atoms with Gasteiger partial charge in [0.1, 0.15) is 5.41 Å². The van der Waals surface area contributed by atoms with Crippen LogP contribution in [-0.4, -0.2) is 5.91 Å². The van der Waals surface area contributed by atoms with Crippen molar-refractivity contribution in [2.75, 3.05) is 5.32 Å². The van der Waals surface area contributed by atoms with Gasteiger partial charge in [-0.05, 0) is 56.8 Å². The number of nitrogens with zero attached hydrogens (tertiary/aromatic N) is 1. The molecular weight excluding hydrogens is 336 g/mol. The number of amides is 1. The Kier molecular flexibility index (Phi) is 3.04. The number of rotatable bonds is 2. The molecule has 1 amide bonds. The normalized spacial score (nSPS) is 16.3. The van der Waals surface area contributed by atoms with Gasteiger partial charge >= 0.3 is 0 Å². The van der Waals surface area contributed by atoms with E-state index in [9.17, 15) is 4.79 Å². The summed E-state index contributed by atoms with van der Waals surface area (Å²) in [5.41, 5.74) is -0.122. The van der Waals surface area contributed by atoms with E-state index in [-0.39, 0.29) is 5.91 Å². The van der Waals surface area contributed by atoms with Crippen molar-refractivity contribution in [1.82, 2.24) is 0 Å². The second kappa shape index (κ2) is 4.19. The van der Waals surface area contributed by atoms with Crippen molar-refractivity contribution in [1.29, 1.82) is 5.26 Å². The summed E-state index contributed by atoms with van der Waals surface area (Å²) >= 11 is 6.71. The number of carbonyl (C=O) groups excluding carboxylic acids is 1. The fourth-order valence-corrected chi connectivity index (χ4v) is 2.56. The molecule has 0 radical (unpaired) electrons. The first-order chi connectivity index (χ1) is 7.59. The summed E-state index contributed by atoms with van der Waals surface area (Å²) in [7, 11) is 0. The molecule has 1 aliphatic rings. The minimum atomic E-state index is -0.797. The van der Waals surface area contributed by atoms with Gasteiger partial charge in [0.15, 0.2) is 0 Å². The van der Waals surface area contributed by atoms with Crippen LogP contribution in [0.15, 0.2) is 27.1 Å². The van der Waals surface area contributed by atoms with Crippen LogP contribution < -0.4 is 5.32 Å². The Morgan fingerprint density at radius 3 is 2.38 bits per heavy atom. The summed E-state index contributed by atoms with van der Waals surface area (Å²) < 4.78 is 1.59. The Labute approximate surface area is 110 Å². The summed E-state index contributed by atoms with van der Waals surface area (Å²) in [5, 5.41) is 11.7. The minimum absolute atomic E-state index is 0.220. The third-order valence-corrected chi connectivity index (χ3v) is 3.92. The lowest BCUT2D eigenvalue weighted by Gasteiger charge is -2.11. The maximum atomic E-state index is 11.9. The largest absolute Gasteiger partial charge is 0.323 e.